The first-order valence-electron chi connectivity index (χ1n) is 14.4. The SMILES string of the molecule is c1c[nH]cn1.c1ccc2c(c1)-c1nc-2nc2[nH]c(nc3nc(nc4[nH]c(n1)c1ccccc41)-c1ccccc1-3)c1ccccc21. The van der Waals surface area contributed by atoms with Crippen molar-refractivity contribution in [2.75, 3.05) is 0 Å². The fraction of sp³-hybridized carbons (Fsp3) is 0. The molecule has 0 saturated heterocycles. The maximum absolute atomic E-state index is 5.02. The van der Waals surface area contributed by atoms with Gasteiger partial charge in [0.2, 0.25) is 0 Å². The molecule has 0 spiro atoms. The molecule has 4 aromatic heterocycles. The second-order valence-electron chi connectivity index (χ2n) is 10.6. The highest BCUT2D eigenvalue weighted by atomic mass is 15.1. The van der Waals surface area contributed by atoms with Gasteiger partial charge in [-0.3, -0.25) is 0 Å². The normalized spacial score (nSPS) is 11.6. The molecule has 0 radical (unpaired) electrons. The molecule has 0 fully saturated rings. The Labute approximate surface area is 255 Å². The summed E-state index contributed by atoms with van der Waals surface area (Å²) in [4.78, 5) is 43.2. The Bertz CT molecular complexity index is 2220. The number of nitrogens with zero attached hydrogens (tertiary/aromatic N) is 7. The van der Waals surface area contributed by atoms with Crippen LogP contribution in [-0.2, 0) is 0 Å². The van der Waals surface area contributed by atoms with Crippen molar-refractivity contribution in [3.8, 4) is 45.6 Å². The Morgan fingerprint density at radius 2 is 0.711 bits per heavy atom. The maximum atomic E-state index is 5.02. The molecule has 0 unspecified atom stereocenters. The van der Waals surface area contributed by atoms with Crippen molar-refractivity contribution in [2.45, 2.75) is 0 Å². The Morgan fingerprint density at radius 3 is 0.978 bits per heavy atom. The molecule has 8 aromatic rings. The summed E-state index contributed by atoms with van der Waals surface area (Å²) in [7, 11) is 0. The van der Waals surface area contributed by atoms with Gasteiger partial charge in [0.15, 0.2) is 23.3 Å². The molecule has 10 nitrogen and oxygen atoms in total. The van der Waals surface area contributed by atoms with Crippen LogP contribution < -0.4 is 0 Å². The number of aromatic amines is 3. The lowest BCUT2D eigenvalue weighted by atomic mass is 10.1. The van der Waals surface area contributed by atoms with Gasteiger partial charge in [-0.25, -0.2) is 34.9 Å². The highest BCUT2D eigenvalue weighted by Gasteiger charge is 2.21. The summed E-state index contributed by atoms with van der Waals surface area (Å²) in [6.45, 7) is 0. The minimum absolute atomic E-state index is 0.597. The summed E-state index contributed by atoms with van der Waals surface area (Å²) >= 11 is 0. The van der Waals surface area contributed by atoms with Gasteiger partial charge < -0.3 is 15.0 Å². The Balaban J connectivity index is 0.000000515. The number of hydrogen-bond donors (Lipinski definition) is 3. The van der Waals surface area contributed by atoms with Crippen LogP contribution in [0, 0.1) is 0 Å². The van der Waals surface area contributed by atoms with Crippen LogP contribution in [-0.4, -0.2) is 49.8 Å². The second-order valence-corrected chi connectivity index (χ2v) is 10.6. The minimum atomic E-state index is 0.597. The number of rotatable bonds is 0. The van der Waals surface area contributed by atoms with Crippen LogP contribution in [0.15, 0.2) is 116 Å². The van der Waals surface area contributed by atoms with Gasteiger partial charge in [0.1, 0.15) is 22.6 Å². The van der Waals surface area contributed by atoms with E-state index in [4.69, 9.17) is 29.9 Å². The van der Waals surface area contributed by atoms with E-state index in [9.17, 15) is 0 Å². The van der Waals surface area contributed by atoms with Crippen molar-refractivity contribution in [3.05, 3.63) is 116 Å². The van der Waals surface area contributed by atoms with Gasteiger partial charge in [0, 0.05) is 56.2 Å². The molecule has 0 aliphatic carbocycles. The number of aromatic nitrogens is 10. The number of fused-ring (bicyclic) bond motifs is 20. The van der Waals surface area contributed by atoms with Gasteiger partial charge in [-0.1, -0.05) is 97.1 Å². The smallest absolute Gasteiger partial charge is 0.164 e. The highest BCUT2D eigenvalue weighted by molar-refractivity contribution is 6.06. The predicted octanol–water partition coefficient (Wildman–Crippen LogP) is 7.28. The first-order valence-corrected chi connectivity index (χ1v) is 14.4. The summed E-state index contributed by atoms with van der Waals surface area (Å²) in [5.41, 5.74) is 6.45. The van der Waals surface area contributed by atoms with E-state index in [0.29, 0.717) is 45.9 Å². The third-order valence-electron chi connectivity index (χ3n) is 7.87. The van der Waals surface area contributed by atoms with E-state index in [2.05, 4.69) is 19.9 Å². The van der Waals surface area contributed by atoms with E-state index in [0.717, 1.165) is 43.8 Å². The molecule has 2 aliphatic heterocycles. The van der Waals surface area contributed by atoms with E-state index in [-0.39, 0.29) is 0 Å². The minimum Gasteiger partial charge on any atom is -0.351 e. The van der Waals surface area contributed by atoms with Crippen molar-refractivity contribution in [3.63, 3.8) is 0 Å². The Hall–Kier alpha value is -6.55. The van der Waals surface area contributed by atoms with Gasteiger partial charge in [0.25, 0.3) is 0 Å². The fourth-order valence-corrected chi connectivity index (χ4v) is 5.81. The van der Waals surface area contributed by atoms with Gasteiger partial charge in [-0.15, -0.1) is 0 Å². The molecular weight excluding hydrogens is 560 g/mol. The van der Waals surface area contributed by atoms with Crippen molar-refractivity contribution >= 4 is 44.1 Å². The highest BCUT2D eigenvalue weighted by Crippen LogP contribution is 2.36. The number of imidazole rings is 1. The van der Waals surface area contributed by atoms with Gasteiger partial charge in [-0.2, -0.15) is 0 Å². The van der Waals surface area contributed by atoms with Crippen LogP contribution >= 0.6 is 0 Å². The molecular formula is C35H22N10. The third-order valence-corrected chi connectivity index (χ3v) is 7.87. The van der Waals surface area contributed by atoms with Crippen molar-refractivity contribution in [1.82, 2.24) is 49.8 Å². The summed E-state index contributed by atoms with van der Waals surface area (Å²) in [5, 5.41) is 3.82. The molecule has 3 N–H and O–H groups in total. The number of H-pyrrole nitrogens is 3. The zero-order valence-electron chi connectivity index (χ0n) is 23.6. The average Bonchev–Trinajstić information content (AvgIpc) is 3.93. The summed E-state index contributed by atoms with van der Waals surface area (Å²) < 4.78 is 0. The molecule has 212 valence electrons. The molecule has 45 heavy (non-hydrogen) atoms. The first-order chi connectivity index (χ1) is 22.3. The van der Waals surface area contributed by atoms with Crippen LogP contribution in [0.2, 0.25) is 0 Å². The Kier molecular flexibility index (Phi) is 5.57. The monoisotopic (exact) mass is 582 g/mol. The lowest BCUT2D eigenvalue weighted by Gasteiger charge is -1.96. The summed E-state index contributed by atoms with van der Waals surface area (Å²) in [6, 6.07) is 32.2. The van der Waals surface area contributed by atoms with Crippen molar-refractivity contribution in [1.29, 1.82) is 0 Å². The van der Waals surface area contributed by atoms with Gasteiger partial charge >= 0.3 is 0 Å². The molecule has 8 bridgehead atoms. The molecule has 4 aromatic carbocycles. The van der Waals surface area contributed by atoms with Crippen LogP contribution in [0.1, 0.15) is 0 Å². The maximum Gasteiger partial charge on any atom is 0.164 e. The van der Waals surface area contributed by atoms with E-state index < -0.39 is 0 Å². The largest absolute Gasteiger partial charge is 0.351 e. The third kappa shape index (κ3) is 4.15. The van der Waals surface area contributed by atoms with E-state index in [1.54, 1.807) is 18.7 Å². The average molecular weight is 583 g/mol. The second kappa shape index (κ2) is 10.0. The van der Waals surface area contributed by atoms with E-state index >= 15 is 0 Å². The van der Waals surface area contributed by atoms with Crippen LogP contribution in [0.4, 0.5) is 0 Å². The topological polar surface area (TPSA) is 138 Å². The van der Waals surface area contributed by atoms with E-state index in [1.807, 2.05) is 97.1 Å². The summed E-state index contributed by atoms with van der Waals surface area (Å²) in [5.74, 6) is 2.39. The standard InChI is InChI=1S/C32H18N8.C3H4N2/c1-2-10-18-17(9-1)25-33-26(18)38-28-21-13-5-6-14-22(21)30(35-28)40-32-24-16-8-7-15-23(24)31(36-32)39-29-20-12-4-3-11-19(20)27(34-29)37-25;1-2-5-3-4-1/h1-16H,(H2,33,34,35,36,37,38,39,40);1-3H,(H,4,5). The molecule has 10 rings (SSSR count). The summed E-state index contributed by atoms with van der Waals surface area (Å²) in [6.07, 6.45) is 5.08. The van der Waals surface area contributed by atoms with E-state index in [1.165, 1.54) is 0 Å². The van der Waals surface area contributed by atoms with Crippen LogP contribution in [0.25, 0.3) is 89.7 Å². The van der Waals surface area contributed by atoms with Crippen molar-refractivity contribution < 1.29 is 0 Å². The zero-order valence-corrected chi connectivity index (χ0v) is 23.6. The molecule has 10 heteroatoms. The number of benzene rings is 4. The number of hydrogen-bond acceptors (Lipinski definition) is 7. The van der Waals surface area contributed by atoms with Crippen LogP contribution in [0.5, 0.6) is 0 Å². The predicted molar refractivity (Wildman–Crippen MR) is 175 cm³/mol. The first kappa shape index (κ1) is 25.0. The molecule has 0 saturated carbocycles. The quantitative estimate of drug-likeness (QED) is 0.171. The lowest BCUT2D eigenvalue weighted by molar-refractivity contribution is 1.19. The Morgan fingerprint density at radius 1 is 0.378 bits per heavy atom. The molecule has 0 amide bonds. The lowest BCUT2D eigenvalue weighted by Crippen LogP contribution is -1.82. The fourth-order valence-electron chi connectivity index (χ4n) is 5.81. The van der Waals surface area contributed by atoms with Gasteiger partial charge in [0.05, 0.1) is 6.33 Å². The number of nitrogens with one attached hydrogen (secondary N) is 3. The van der Waals surface area contributed by atoms with Crippen LogP contribution in [0.3, 0.4) is 0 Å². The zero-order chi connectivity index (χ0) is 29.7. The van der Waals surface area contributed by atoms with Crippen molar-refractivity contribution in [2.24, 2.45) is 0 Å². The van der Waals surface area contributed by atoms with Gasteiger partial charge in [-0.05, 0) is 0 Å². The molecule has 6 heterocycles. The molecule has 2 aliphatic rings. The molecule has 0 atom stereocenters.